The van der Waals surface area contributed by atoms with Gasteiger partial charge in [-0.1, -0.05) is 12.8 Å². The van der Waals surface area contributed by atoms with Gasteiger partial charge in [-0.2, -0.15) is 0 Å². The molecule has 5 nitrogen and oxygen atoms in total. The molecule has 1 atom stereocenters. The van der Waals surface area contributed by atoms with Crippen molar-refractivity contribution in [1.82, 2.24) is 19.8 Å². The molecule has 0 amide bonds. The van der Waals surface area contributed by atoms with Crippen LogP contribution in [-0.2, 0) is 6.54 Å². The number of likely N-dealkylation sites (tertiary alicyclic amines) is 2. The van der Waals surface area contributed by atoms with Crippen LogP contribution in [0.25, 0.3) is 0 Å². The summed E-state index contributed by atoms with van der Waals surface area (Å²) in [5.41, 5.74) is 1.20. The molecule has 4 heterocycles. The summed E-state index contributed by atoms with van der Waals surface area (Å²) in [5.74, 6) is 0.944. The van der Waals surface area contributed by atoms with Crippen LogP contribution < -0.4 is 4.90 Å². The Morgan fingerprint density at radius 3 is 2.48 bits per heavy atom. The monoisotopic (exact) mass is 343 g/mol. The quantitative estimate of drug-likeness (QED) is 0.821. The van der Waals surface area contributed by atoms with Crippen molar-refractivity contribution in [2.75, 3.05) is 44.2 Å². The Morgan fingerprint density at radius 1 is 0.880 bits per heavy atom. The van der Waals surface area contributed by atoms with E-state index in [1.165, 1.54) is 83.2 Å². The van der Waals surface area contributed by atoms with E-state index in [9.17, 15) is 0 Å². The summed E-state index contributed by atoms with van der Waals surface area (Å²) < 4.78 is 0. The normalized spacial score (nSPS) is 26.2. The Kier molecular flexibility index (Phi) is 5.83. The van der Waals surface area contributed by atoms with Crippen LogP contribution in [0, 0.1) is 0 Å². The van der Waals surface area contributed by atoms with E-state index < -0.39 is 0 Å². The molecule has 0 aliphatic carbocycles. The smallest absolute Gasteiger partial charge is 0.225 e. The summed E-state index contributed by atoms with van der Waals surface area (Å²) in [5, 5.41) is 0. The van der Waals surface area contributed by atoms with Gasteiger partial charge in [0.25, 0.3) is 0 Å². The van der Waals surface area contributed by atoms with Crippen molar-refractivity contribution in [3.63, 3.8) is 0 Å². The minimum absolute atomic E-state index is 0.706. The molecule has 0 aromatic carbocycles. The molecular weight excluding hydrogens is 310 g/mol. The minimum atomic E-state index is 0.706. The zero-order chi connectivity index (χ0) is 16.9. The van der Waals surface area contributed by atoms with E-state index >= 15 is 0 Å². The molecule has 3 aliphatic heterocycles. The summed E-state index contributed by atoms with van der Waals surface area (Å²) in [6.07, 6.45) is 12.8. The minimum Gasteiger partial charge on any atom is -0.341 e. The van der Waals surface area contributed by atoms with Gasteiger partial charge in [0.1, 0.15) is 0 Å². The van der Waals surface area contributed by atoms with Crippen LogP contribution in [0.15, 0.2) is 12.3 Å². The Labute approximate surface area is 152 Å². The summed E-state index contributed by atoms with van der Waals surface area (Å²) in [6.45, 7) is 8.30. The van der Waals surface area contributed by atoms with Gasteiger partial charge < -0.3 is 9.80 Å². The number of hydrogen-bond acceptors (Lipinski definition) is 5. The summed E-state index contributed by atoms with van der Waals surface area (Å²) in [7, 11) is 0. The lowest BCUT2D eigenvalue weighted by Gasteiger charge is -2.39. The fourth-order valence-corrected chi connectivity index (χ4v) is 4.67. The Hall–Kier alpha value is -1.20. The van der Waals surface area contributed by atoms with E-state index in [4.69, 9.17) is 4.98 Å². The number of anilines is 1. The largest absolute Gasteiger partial charge is 0.341 e. The van der Waals surface area contributed by atoms with Crippen molar-refractivity contribution in [3.05, 3.63) is 18.0 Å². The third kappa shape index (κ3) is 4.50. The predicted octanol–water partition coefficient (Wildman–Crippen LogP) is 2.92. The highest BCUT2D eigenvalue weighted by Crippen LogP contribution is 2.22. The highest BCUT2D eigenvalue weighted by Gasteiger charge is 2.26. The zero-order valence-electron chi connectivity index (χ0n) is 15.6. The average molecular weight is 344 g/mol. The van der Waals surface area contributed by atoms with Crippen LogP contribution in [0.1, 0.15) is 57.1 Å². The highest BCUT2D eigenvalue weighted by molar-refractivity contribution is 5.31. The van der Waals surface area contributed by atoms with Gasteiger partial charge in [-0.3, -0.25) is 4.90 Å². The third-order valence-corrected chi connectivity index (χ3v) is 6.12. The lowest BCUT2D eigenvalue weighted by atomic mass is 10.00. The predicted molar refractivity (Wildman–Crippen MR) is 102 cm³/mol. The Morgan fingerprint density at radius 2 is 1.64 bits per heavy atom. The van der Waals surface area contributed by atoms with Gasteiger partial charge in [-0.05, 0) is 64.2 Å². The standard InChI is InChI=1S/C20H33N5/c1-3-11-23(12-4-1)17-19-8-2-5-15-25(19)16-18-9-10-21-20(22-18)24-13-6-7-14-24/h9-10,19H,1-8,11-17H2/t19-/m0/s1. The molecular formula is C20H33N5. The summed E-state index contributed by atoms with van der Waals surface area (Å²) >= 11 is 0. The van der Waals surface area contributed by atoms with Crippen LogP contribution in [-0.4, -0.2) is 65.1 Å². The number of nitrogens with zero attached hydrogens (tertiary/aromatic N) is 5. The average Bonchev–Trinajstić information content (AvgIpc) is 3.19. The molecule has 3 fully saturated rings. The van der Waals surface area contributed by atoms with E-state index in [1.54, 1.807) is 0 Å². The maximum Gasteiger partial charge on any atom is 0.225 e. The lowest BCUT2D eigenvalue weighted by Crippen LogP contribution is -2.47. The Bertz CT molecular complexity index is 537. The lowest BCUT2D eigenvalue weighted by molar-refractivity contribution is 0.0886. The van der Waals surface area contributed by atoms with E-state index in [-0.39, 0.29) is 0 Å². The van der Waals surface area contributed by atoms with Crippen LogP contribution in [0.2, 0.25) is 0 Å². The molecule has 0 radical (unpaired) electrons. The van der Waals surface area contributed by atoms with Crippen LogP contribution in [0.5, 0.6) is 0 Å². The topological polar surface area (TPSA) is 35.5 Å². The van der Waals surface area contributed by atoms with Crippen molar-refractivity contribution in [2.24, 2.45) is 0 Å². The molecule has 0 saturated carbocycles. The second-order valence-electron chi connectivity index (χ2n) is 8.02. The molecule has 1 aromatic rings. The molecule has 4 rings (SSSR count). The van der Waals surface area contributed by atoms with Gasteiger partial charge in [0.15, 0.2) is 0 Å². The van der Waals surface area contributed by atoms with Crippen molar-refractivity contribution < 1.29 is 0 Å². The summed E-state index contributed by atoms with van der Waals surface area (Å²) in [6, 6.07) is 2.82. The van der Waals surface area contributed by atoms with E-state index in [1.807, 2.05) is 6.20 Å². The van der Waals surface area contributed by atoms with Crippen LogP contribution in [0.4, 0.5) is 5.95 Å². The van der Waals surface area contributed by atoms with E-state index in [0.29, 0.717) is 6.04 Å². The first-order valence-electron chi connectivity index (χ1n) is 10.4. The first-order valence-corrected chi connectivity index (χ1v) is 10.4. The van der Waals surface area contributed by atoms with Gasteiger partial charge in [-0.15, -0.1) is 0 Å². The number of piperidine rings is 2. The molecule has 1 aromatic heterocycles. The van der Waals surface area contributed by atoms with Crippen molar-refractivity contribution in [3.8, 4) is 0 Å². The van der Waals surface area contributed by atoms with Gasteiger partial charge in [0.2, 0.25) is 5.95 Å². The van der Waals surface area contributed by atoms with E-state index in [2.05, 4.69) is 25.8 Å². The number of rotatable bonds is 5. The number of aromatic nitrogens is 2. The molecule has 138 valence electrons. The molecule has 0 unspecified atom stereocenters. The number of hydrogen-bond donors (Lipinski definition) is 0. The molecule has 25 heavy (non-hydrogen) atoms. The van der Waals surface area contributed by atoms with E-state index in [0.717, 1.165) is 25.6 Å². The molecule has 0 bridgehead atoms. The first kappa shape index (κ1) is 17.2. The third-order valence-electron chi connectivity index (χ3n) is 6.12. The molecule has 0 spiro atoms. The summed E-state index contributed by atoms with van der Waals surface area (Å²) in [4.78, 5) is 17.1. The maximum atomic E-state index is 4.89. The van der Waals surface area contributed by atoms with Crippen molar-refractivity contribution >= 4 is 5.95 Å². The fraction of sp³-hybridized carbons (Fsp3) is 0.800. The van der Waals surface area contributed by atoms with Crippen molar-refractivity contribution in [2.45, 2.75) is 64.0 Å². The fourth-order valence-electron chi connectivity index (χ4n) is 4.67. The highest BCUT2D eigenvalue weighted by atomic mass is 15.3. The molecule has 3 aliphatic rings. The second-order valence-corrected chi connectivity index (χ2v) is 8.02. The van der Waals surface area contributed by atoms with Gasteiger partial charge in [0.05, 0.1) is 5.69 Å². The van der Waals surface area contributed by atoms with Gasteiger partial charge in [-0.25, -0.2) is 9.97 Å². The van der Waals surface area contributed by atoms with Crippen LogP contribution in [0.3, 0.4) is 0 Å². The first-order chi connectivity index (χ1) is 12.4. The van der Waals surface area contributed by atoms with Gasteiger partial charge >= 0.3 is 0 Å². The SMILES string of the molecule is c1cc(CN2CCCC[C@H]2CN2CCCCC2)nc(N2CCCC2)n1. The Balaban J connectivity index is 1.39. The molecule has 0 N–H and O–H groups in total. The van der Waals surface area contributed by atoms with Crippen molar-refractivity contribution in [1.29, 1.82) is 0 Å². The zero-order valence-corrected chi connectivity index (χ0v) is 15.6. The van der Waals surface area contributed by atoms with Gasteiger partial charge in [0, 0.05) is 38.4 Å². The van der Waals surface area contributed by atoms with Crippen LogP contribution >= 0.6 is 0 Å². The maximum absolute atomic E-state index is 4.89. The second kappa shape index (κ2) is 8.45. The molecule has 5 heteroatoms. The molecule has 3 saturated heterocycles.